The van der Waals surface area contributed by atoms with Crippen LogP contribution in [-0.4, -0.2) is 35.5 Å². The summed E-state index contributed by atoms with van der Waals surface area (Å²) < 4.78 is 10.3. The van der Waals surface area contributed by atoms with Gasteiger partial charge in [0.05, 0.1) is 26.4 Å². The second-order valence-electron chi connectivity index (χ2n) is 3.80. The van der Waals surface area contributed by atoms with Crippen molar-refractivity contribution in [3.8, 4) is 0 Å². The number of nitrogen functional groups attached to an aromatic ring is 1. The third kappa shape index (κ3) is 2.65. The lowest BCUT2D eigenvalue weighted by molar-refractivity contribution is -0.206. The topological polar surface area (TPSA) is 77.6 Å². The molecule has 1 saturated heterocycles. The van der Waals surface area contributed by atoms with Gasteiger partial charge in [-0.3, -0.25) is 0 Å². The summed E-state index contributed by atoms with van der Waals surface area (Å²) in [4.78, 5) is 3.88. The molecule has 5 nitrogen and oxygen atoms in total. The molecule has 1 aromatic rings. The molecule has 15 heavy (non-hydrogen) atoms. The van der Waals surface area contributed by atoms with Crippen LogP contribution in [0.4, 0.5) is 5.82 Å². The minimum absolute atomic E-state index is 0.287. The average Bonchev–Trinajstić information content (AvgIpc) is 2.15. The van der Waals surface area contributed by atoms with Crippen molar-refractivity contribution in [2.45, 2.75) is 12.2 Å². The summed E-state index contributed by atoms with van der Waals surface area (Å²) >= 11 is 0. The predicted octanol–water partition coefficient (Wildman–Crippen LogP) is -0.0583. The number of hydrogen-bond acceptors (Lipinski definition) is 5. The fourth-order valence-corrected chi connectivity index (χ4v) is 1.36. The van der Waals surface area contributed by atoms with Crippen LogP contribution in [0.2, 0.25) is 0 Å². The minimum atomic E-state index is -0.793. The van der Waals surface area contributed by atoms with Crippen LogP contribution in [0, 0.1) is 0 Å². The second-order valence-corrected chi connectivity index (χ2v) is 3.80. The molecular formula is C10H14N2O3. The lowest BCUT2D eigenvalue weighted by Gasteiger charge is -2.35. The van der Waals surface area contributed by atoms with E-state index >= 15 is 0 Å². The Hall–Kier alpha value is -1.17. The van der Waals surface area contributed by atoms with Crippen LogP contribution in [-0.2, 0) is 16.1 Å². The number of nitrogens with zero attached hydrogens (tertiary/aromatic N) is 1. The smallest absolute Gasteiger partial charge is 0.134 e. The fourth-order valence-electron chi connectivity index (χ4n) is 1.36. The first-order chi connectivity index (χ1) is 7.18. The first kappa shape index (κ1) is 10.4. The maximum Gasteiger partial charge on any atom is 0.134 e. The number of anilines is 1. The Morgan fingerprint density at radius 3 is 3.00 bits per heavy atom. The zero-order valence-electron chi connectivity index (χ0n) is 8.35. The highest BCUT2D eigenvalue weighted by molar-refractivity contribution is 5.31. The molecule has 5 heteroatoms. The lowest BCUT2D eigenvalue weighted by Crippen LogP contribution is -2.53. The van der Waals surface area contributed by atoms with Gasteiger partial charge in [0.25, 0.3) is 0 Å². The molecule has 2 heterocycles. The van der Waals surface area contributed by atoms with Crippen LogP contribution in [0.3, 0.4) is 0 Å². The van der Waals surface area contributed by atoms with Crippen LogP contribution >= 0.6 is 0 Å². The Labute approximate surface area is 87.8 Å². The van der Waals surface area contributed by atoms with Gasteiger partial charge in [0.2, 0.25) is 0 Å². The molecule has 0 radical (unpaired) electrons. The van der Waals surface area contributed by atoms with E-state index < -0.39 is 5.60 Å². The number of ether oxygens (including phenoxy) is 2. The van der Waals surface area contributed by atoms with E-state index in [1.165, 1.54) is 0 Å². The third-order valence-electron chi connectivity index (χ3n) is 2.23. The zero-order valence-corrected chi connectivity index (χ0v) is 8.35. The molecule has 3 N–H and O–H groups in total. The first-order valence-electron chi connectivity index (χ1n) is 4.76. The van der Waals surface area contributed by atoms with Crippen molar-refractivity contribution in [2.75, 3.05) is 25.6 Å². The molecule has 0 bridgehead atoms. The van der Waals surface area contributed by atoms with Crippen LogP contribution in [0.15, 0.2) is 18.3 Å². The van der Waals surface area contributed by atoms with Crippen LogP contribution in [0.25, 0.3) is 0 Å². The molecular weight excluding hydrogens is 196 g/mol. The van der Waals surface area contributed by atoms with Crippen LogP contribution in [0.1, 0.15) is 5.56 Å². The van der Waals surface area contributed by atoms with Gasteiger partial charge in [-0.15, -0.1) is 0 Å². The first-order valence-corrected chi connectivity index (χ1v) is 4.76. The predicted molar refractivity (Wildman–Crippen MR) is 54.1 cm³/mol. The van der Waals surface area contributed by atoms with E-state index in [2.05, 4.69) is 4.98 Å². The molecule has 1 aromatic heterocycles. The molecule has 0 aliphatic carbocycles. The van der Waals surface area contributed by atoms with E-state index in [1.54, 1.807) is 12.3 Å². The Balaban J connectivity index is 1.78. The Morgan fingerprint density at radius 2 is 2.40 bits per heavy atom. The summed E-state index contributed by atoms with van der Waals surface area (Å²) in [5, 5.41) is 9.66. The van der Waals surface area contributed by atoms with Gasteiger partial charge in [0.15, 0.2) is 0 Å². The summed E-state index contributed by atoms with van der Waals surface area (Å²) in [6, 6.07) is 3.58. The summed E-state index contributed by atoms with van der Waals surface area (Å²) in [7, 11) is 0. The molecule has 0 amide bonds. The Morgan fingerprint density at radius 1 is 1.60 bits per heavy atom. The average molecular weight is 210 g/mol. The quantitative estimate of drug-likeness (QED) is 0.728. The maximum absolute atomic E-state index is 9.66. The number of aromatic nitrogens is 1. The van der Waals surface area contributed by atoms with E-state index in [-0.39, 0.29) is 6.61 Å². The molecule has 0 aromatic carbocycles. The second kappa shape index (κ2) is 4.14. The number of pyridine rings is 1. The molecule has 1 aliphatic heterocycles. The van der Waals surface area contributed by atoms with Gasteiger partial charge in [-0.05, 0) is 17.7 Å². The van der Waals surface area contributed by atoms with Crippen molar-refractivity contribution in [2.24, 2.45) is 0 Å². The molecule has 82 valence electrons. The van der Waals surface area contributed by atoms with Crippen molar-refractivity contribution in [3.63, 3.8) is 0 Å². The van der Waals surface area contributed by atoms with Crippen LogP contribution in [0.5, 0.6) is 0 Å². The monoisotopic (exact) mass is 210 g/mol. The Kier molecular flexibility index (Phi) is 2.86. The molecule has 0 spiro atoms. The highest BCUT2D eigenvalue weighted by atomic mass is 16.6. The minimum Gasteiger partial charge on any atom is -0.384 e. The third-order valence-corrected chi connectivity index (χ3v) is 2.23. The molecule has 0 saturated carbocycles. The van der Waals surface area contributed by atoms with Gasteiger partial charge in [-0.25, -0.2) is 4.98 Å². The van der Waals surface area contributed by atoms with E-state index in [9.17, 15) is 5.11 Å². The highest BCUT2D eigenvalue weighted by Gasteiger charge is 2.36. The van der Waals surface area contributed by atoms with Crippen molar-refractivity contribution in [1.82, 2.24) is 4.98 Å². The summed E-state index contributed by atoms with van der Waals surface area (Å²) in [5.74, 6) is 0.474. The zero-order chi connectivity index (χ0) is 10.7. The van der Waals surface area contributed by atoms with E-state index in [1.807, 2.05) is 6.07 Å². The van der Waals surface area contributed by atoms with Crippen molar-refractivity contribution in [3.05, 3.63) is 23.9 Å². The normalized spacial score (nSPS) is 18.5. The van der Waals surface area contributed by atoms with Gasteiger partial charge in [-0.2, -0.15) is 0 Å². The molecule has 1 fully saturated rings. The van der Waals surface area contributed by atoms with E-state index in [0.29, 0.717) is 25.6 Å². The van der Waals surface area contributed by atoms with Gasteiger partial charge in [0.1, 0.15) is 11.4 Å². The lowest BCUT2D eigenvalue weighted by atomic mass is 10.0. The largest absolute Gasteiger partial charge is 0.384 e. The number of hydrogen-bond donors (Lipinski definition) is 2. The van der Waals surface area contributed by atoms with Crippen molar-refractivity contribution >= 4 is 5.82 Å². The summed E-state index contributed by atoms with van der Waals surface area (Å²) in [5.41, 5.74) is 5.67. The maximum atomic E-state index is 9.66. The van der Waals surface area contributed by atoms with E-state index in [0.717, 1.165) is 5.56 Å². The standard InChI is InChI=1S/C10H14N2O3/c11-9-3-8(1-2-12-9)4-14-5-10(13)6-15-7-10/h1-3,13H,4-7H2,(H2,11,12). The highest BCUT2D eigenvalue weighted by Crippen LogP contribution is 2.17. The Bertz CT molecular complexity index is 339. The number of rotatable bonds is 4. The van der Waals surface area contributed by atoms with Crippen molar-refractivity contribution in [1.29, 1.82) is 0 Å². The number of aliphatic hydroxyl groups is 1. The molecule has 0 atom stereocenters. The van der Waals surface area contributed by atoms with Crippen LogP contribution < -0.4 is 5.73 Å². The van der Waals surface area contributed by atoms with Gasteiger partial charge in [-0.1, -0.05) is 0 Å². The van der Waals surface area contributed by atoms with E-state index in [4.69, 9.17) is 15.2 Å². The van der Waals surface area contributed by atoms with Gasteiger partial charge in [0, 0.05) is 6.20 Å². The van der Waals surface area contributed by atoms with Crippen molar-refractivity contribution < 1.29 is 14.6 Å². The SMILES string of the molecule is Nc1cc(COCC2(O)COC2)ccn1. The fraction of sp³-hybridized carbons (Fsp3) is 0.500. The molecule has 2 rings (SSSR count). The summed E-state index contributed by atoms with van der Waals surface area (Å²) in [6.45, 7) is 1.42. The van der Waals surface area contributed by atoms with Gasteiger partial charge >= 0.3 is 0 Å². The summed E-state index contributed by atoms with van der Waals surface area (Å²) in [6.07, 6.45) is 1.63. The molecule has 1 aliphatic rings. The van der Waals surface area contributed by atoms with Gasteiger partial charge < -0.3 is 20.3 Å². The number of nitrogens with two attached hydrogens (primary N) is 1. The molecule has 0 unspecified atom stereocenters.